The minimum absolute atomic E-state index is 0.125. The molecule has 0 bridgehead atoms. The van der Waals surface area contributed by atoms with Crippen molar-refractivity contribution in [1.82, 2.24) is 14.6 Å². The van der Waals surface area contributed by atoms with Gasteiger partial charge in [0, 0.05) is 12.3 Å². The molecule has 0 spiro atoms. The van der Waals surface area contributed by atoms with Crippen LogP contribution in [0.2, 0.25) is 0 Å². The molecule has 12 nitrogen and oxygen atoms in total. The fourth-order valence-corrected chi connectivity index (χ4v) is 4.98. The average Bonchev–Trinajstić information content (AvgIpc) is 3.07. The highest BCUT2D eigenvalue weighted by molar-refractivity contribution is 7.52. The second-order valence-electron chi connectivity index (χ2n) is 7.32. The zero-order valence-electron chi connectivity index (χ0n) is 18.3. The maximum absolute atomic E-state index is 13.5. The first-order chi connectivity index (χ1) is 16.1. The van der Waals surface area contributed by atoms with Crippen LogP contribution in [0, 0.1) is 0 Å². The quantitative estimate of drug-likeness (QED) is 0.237. The maximum atomic E-state index is 13.5. The number of carbonyl (C=O) groups excluding carboxylic acids is 1. The van der Waals surface area contributed by atoms with Gasteiger partial charge >= 0.3 is 19.4 Å². The molecule has 3 N–H and O–H groups in total. The van der Waals surface area contributed by atoms with Gasteiger partial charge in [-0.25, -0.2) is 9.36 Å². The minimum Gasteiger partial charge on any atom is -0.465 e. The number of benzene rings is 1. The Morgan fingerprint density at radius 1 is 1.32 bits per heavy atom. The Morgan fingerprint density at radius 2 is 2.03 bits per heavy atom. The predicted octanol–water partition coefficient (Wildman–Crippen LogP) is 1.15. The molecule has 1 aromatic heterocycles. The number of aromatic nitrogens is 2. The lowest BCUT2D eigenvalue weighted by Gasteiger charge is -2.24. The fraction of sp³-hybridized carbons (Fsp3) is 0.450. The van der Waals surface area contributed by atoms with Crippen LogP contribution in [-0.4, -0.2) is 57.5 Å². The summed E-state index contributed by atoms with van der Waals surface area (Å²) in [6.07, 6.45) is -2.38. The van der Waals surface area contributed by atoms with Crippen molar-refractivity contribution in [2.45, 2.75) is 43.7 Å². The summed E-state index contributed by atoms with van der Waals surface area (Å²) in [5, 5.41) is 11.9. The van der Waals surface area contributed by atoms with E-state index in [1.165, 1.54) is 13.1 Å². The van der Waals surface area contributed by atoms with E-state index < -0.39 is 61.4 Å². The number of aromatic amines is 1. The van der Waals surface area contributed by atoms with Gasteiger partial charge in [0.25, 0.3) is 5.56 Å². The second-order valence-corrected chi connectivity index (χ2v) is 9.52. The van der Waals surface area contributed by atoms with E-state index in [4.69, 9.17) is 30.1 Å². The summed E-state index contributed by atoms with van der Waals surface area (Å²) >= 11 is 6.25. The Labute approximate surface area is 199 Å². The standard InChI is InChI=1S/C20H25ClN3O9P/c1-3-30-19(27)12(2)23-34(29,33-13-7-5-4-6-8-13)31-11-14-17(26)16(21)18(32-14)24-10-9-15(25)22-20(24)28/h4-10,12,14,16-18,26H,3,11H2,1-2H3,(H,23,29)(H,22,25,28)/t12-,14+,16-,17+,18+,34+/m0/s1. The highest BCUT2D eigenvalue weighted by Crippen LogP contribution is 2.46. The van der Waals surface area contributed by atoms with Crippen LogP contribution in [0.3, 0.4) is 0 Å². The monoisotopic (exact) mass is 517 g/mol. The first-order valence-corrected chi connectivity index (χ1v) is 12.3. The molecule has 0 saturated carbocycles. The molecule has 0 amide bonds. The number of alkyl halides is 1. The lowest BCUT2D eigenvalue weighted by atomic mass is 10.2. The number of nitrogens with one attached hydrogen (secondary N) is 2. The molecule has 0 unspecified atom stereocenters. The molecule has 1 aromatic carbocycles. The number of hydrogen-bond acceptors (Lipinski definition) is 9. The van der Waals surface area contributed by atoms with E-state index >= 15 is 0 Å². The van der Waals surface area contributed by atoms with Crippen molar-refractivity contribution < 1.29 is 33.0 Å². The van der Waals surface area contributed by atoms with E-state index in [0.29, 0.717) is 0 Å². The Bertz CT molecular complexity index is 1140. The predicted molar refractivity (Wildman–Crippen MR) is 121 cm³/mol. The number of esters is 1. The van der Waals surface area contributed by atoms with Crippen molar-refractivity contribution in [2.24, 2.45) is 0 Å². The molecular weight excluding hydrogens is 493 g/mol. The van der Waals surface area contributed by atoms with Crippen LogP contribution in [0.1, 0.15) is 20.1 Å². The second kappa shape index (κ2) is 11.3. The smallest absolute Gasteiger partial charge is 0.459 e. The SMILES string of the molecule is CCOC(=O)[C@H](C)N[P@@](=O)(OC[C@H]1O[C@@H](n2ccc(=O)[nH]c2=O)[C@@H](Cl)[C@@H]1O)Oc1ccccc1. The number of hydrogen-bond donors (Lipinski definition) is 3. The largest absolute Gasteiger partial charge is 0.465 e. The van der Waals surface area contributed by atoms with Crippen molar-refractivity contribution in [2.75, 3.05) is 13.2 Å². The van der Waals surface area contributed by atoms with Gasteiger partial charge in [-0.1, -0.05) is 18.2 Å². The average molecular weight is 518 g/mol. The molecule has 1 fully saturated rings. The van der Waals surface area contributed by atoms with Crippen LogP contribution in [0.15, 0.2) is 52.2 Å². The lowest BCUT2D eigenvalue weighted by molar-refractivity contribution is -0.144. The Balaban J connectivity index is 1.75. The number of nitrogens with zero attached hydrogens (tertiary/aromatic N) is 1. The van der Waals surface area contributed by atoms with Crippen molar-refractivity contribution in [3.05, 3.63) is 63.4 Å². The summed E-state index contributed by atoms with van der Waals surface area (Å²) < 4.78 is 36.1. The van der Waals surface area contributed by atoms with Gasteiger partial charge in [0.05, 0.1) is 13.2 Å². The lowest BCUT2D eigenvalue weighted by Crippen LogP contribution is -2.37. The van der Waals surface area contributed by atoms with Gasteiger partial charge in [-0.3, -0.25) is 23.7 Å². The molecule has 2 heterocycles. The van der Waals surface area contributed by atoms with Crippen LogP contribution in [0.25, 0.3) is 0 Å². The van der Waals surface area contributed by atoms with Gasteiger partial charge in [0.15, 0.2) is 6.23 Å². The number of carbonyl (C=O) groups is 1. The first kappa shape index (κ1) is 26.1. The Kier molecular flexibility index (Phi) is 8.69. The summed E-state index contributed by atoms with van der Waals surface area (Å²) in [6.45, 7) is 2.72. The zero-order valence-corrected chi connectivity index (χ0v) is 20.0. The van der Waals surface area contributed by atoms with Gasteiger partial charge in [-0.05, 0) is 26.0 Å². The van der Waals surface area contributed by atoms with E-state index in [0.717, 1.165) is 10.6 Å². The molecule has 186 valence electrons. The van der Waals surface area contributed by atoms with Gasteiger partial charge in [-0.15, -0.1) is 11.6 Å². The van der Waals surface area contributed by atoms with E-state index in [2.05, 4.69) is 10.1 Å². The van der Waals surface area contributed by atoms with E-state index in [1.807, 2.05) is 0 Å². The number of rotatable bonds is 10. The van der Waals surface area contributed by atoms with E-state index in [1.54, 1.807) is 37.3 Å². The molecule has 34 heavy (non-hydrogen) atoms. The van der Waals surface area contributed by atoms with Gasteiger partial charge in [0.1, 0.15) is 29.4 Å². The third kappa shape index (κ3) is 6.35. The first-order valence-electron chi connectivity index (χ1n) is 10.4. The third-order valence-corrected chi connectivity index (χ3v) is 6.91. The fourth-order valence-electron chi connectivity index (χ4n) is 3.13. The summed E-state index contributed by atoms with van der Waals surface area (Å²) in [5.74, 6) is -0.464. The molecule has 1 aliphatic heterocycles. The minimum atomic E-state index is -4.18. The molecule has 6 atom stereocenters. The third-order valence-electron chi connectivity index (χ3n) is 4.79. The summed E-state index contributed by atoms with van der Waals surface area (Å²) in [7, 11) is -4.18. The van der Waals surface area contributed by atoms with Crippen LogP contribution >= 0.6 is 19.3 Å². The maximum Gasteiger partial charge on any atom is 0.459 e. The van der Waals surface area contributed by atoms with Crippen LogP contribution in [0.5, 0.6) is 5.75 Å². The van der Waals surface area contributed by atoms with E-state index in [9.17, 15) is 24.1 Å². The normalized spacial score (nSPS) is 24.8. The zero-order chi connectivity index (χ0) is 24.9. The highest BCUT2D eigenvalue weighted by Gasteiger charge is 2.45. The molecule has 2 aromatic rings. The summed E-state index contributed by atoms with van der Waals surface area (Å²) in [4.78, 5) is 37.5. The van der Waals surface area contributed by atoms with Crippen LogP contribution in [0.4, 0.5) is 0 Å². The van der Waals surface area contributed by atoms with Gasteiger partial charge in [0.2, 0.25) is 0 Å². The molecule has 0 radical (unpaired) electrons. The summed E-state index contributed by atoms with van der Waals surface area (Å²) in [6, 6.07) is 8.19. The molecule has 14 heteroatoms. The molecule has 0 aliphatic carbocycles. The highest BCUT2D eigenvalue weighted by atomic mass is 35.5. The number of para-hydroxylation sites is 1. The summed E-state index contributed by atoms with van der Waals surface area (Å²) in [5.41, 5.74) is -1.38. The molecule has 1 aliphatic rings. The molecule has 1 saturated heterocycles. The Morgan fingerprint density at radius 3 is 2.68 bits per heavy atom. The topological polar surface area (TPSA) is 158 Å². The molecule has 3 rings (SSSR count). The van der Waals surface area contributed by atoms with Crippen molar-refractivity contribution in [1.29, 1.82) is 0 Å². The number of aliphatic hydroxyl groups excluding tert-OH is 1. The van der Waals surface area contributed by atoms with Crippen LogP contribution < -0.4 is 20.9 Å². The van der Waals surface area contributed by atoms with Crippen molar-refractivity contribution in [3.8, 4) is 5.75 Å². The van der Waals surface area contributed by atoms with E-state index in [-0.39, 0.29) is 12.4 Å². The van der Waals surface area contributed by atoms with Crippen LogP contribution in [-0.2, 0) is 23.4 Å². The molecular formula is C20H25ClN3O9P. The number of aliphatic hydroxyl groups is 1. The van der Waals surface area contributed by atoms with Gasteiger partial charge in [-0.2, -0.15) is 5.09 Å². The van der Waals surface area contributed by atoms with Crippen molar-refractivity contribution in [3.63, 3.8) is 0 Å². The number of H-pyrrole nitrogens is 1. The Hall–Kier alpha value is -2.47. The number of halogens is 1. The van der Waals surface area contributed by atoms with Crippen molar-refractivity contribution >= 4 is 25.3 Å². The van der Waals surface area contributed by atoms with Gasteiger partial charge < -0.3 is 19.1 Å². The number of ether oxygens (including phenoxy) is 2.